The number of rotatable bonds is 50. The van der Waals surface area contributed by atoms with E-state index in [2.05, 4.69) is 123 Å². The molecule has 0 aliphatic carbocycles. The second kappa shape index (κ2) is 52.3. The van der Waals surface area contributed by atoms with E-state index in [1.54, 1.807) is 0 Å². The van der Waals surface area contributed by atoms with Gasteiger partial charge < -0.3 is 28.5 Å². The first kappa shape index (κ1) is 67.0. The lowest BCUT2D eigenvalue weighted by Gasteiger charge is -2.25. The van der Waals surface area contributed by atoms with Crippen LogP contribution in [-0.4, -0.2) is 87.4 Å². The van der Waals surface area contributed by atoms with Crippen LogP contribution in [0.15, 0.2) is 109 Å². The molecule has 9 heteroatoms. The Morgan fingerprint density at radius 3 is 1.21 bits per heavy atom. The van der Waals surface area contributed by atoms with Gasteiger partial charge in [0.05, 0.1) is 34.4 Å². The van der Waals surface area contributed by atoms with Gasteiger partial charge in [-0.15, -0.1) is 0 Å². The summed E-state index contributed by atoms with van der Waals surface area (Å²) in [7, 11) is 5.95. The van der Waals surface area contributed by atoms with E-state index >= 15 is 0 Å². The van der Waals surface area contributed by atoms with Gasteiger partial charge in [-0.3, -0.25) is 9.59 Å². The molecule has 0 heterocycles. The molecule has 9 nitrogen and oxygen atoms in total. The first-order valence-electron chi connectivity index (χ1n) is 28.1. The fourth-order valence-corrected chi connectivity index (χ4v) is 7.20. The summed E-state index contributed by atoms with van der Waals surface area (Å²) in [4.78, 5) is 37.4. The Morgan fingerprint density at radius 2 is 0.803 bits per heavy atom. The highest BCUT2D eigenvalue weighted by molar-refractivity contribution is 5.71. The quantitative estimate of drug-likeness (QED) is 0.0211. The highest BCUT2D eigenvalue weighted by atomic mass is 16.7. The van der Waals surface area contributed by atoms with Gasteiger partial charge in [0, 0.05) is 12.8 Å². The van der Waals surface area contributed by atoms with Crippen LogP contribution >= 0.6 is 0 Å². The van der Waals surface area contributed by atoms with Crippen LogP contribution in [0, 0.1) is 0 Å². The number of likely N-dealkylation sites (N-methyl/N-ethyl adjacent to an activating group) is 1. The monoisotopic (exact) mass is 991 g/mol. The molecule has 0 saturated heterocycles. The zero-order valence-electron chi connectivity index (χ0n) is 45.8. The first-order valence-corrected chi connectivity index (χ1v) is 28.1. The van der Waals surface area contributed by atoms with Gasteiger partial charge in [0.2, 0.25) is 0 Å². The normalized spacial score (nSPS) is 13.6. The molecule has 1 N–H and O–H groups in total. The van der Waals surface area contributed by atoms with Crippen LogP contribution in [0.2, 0.25) is 0 Å². The van der Waals surface area contributed by atoms with Gasteiger partial charge in [0.15, 0.2) is 6.10 Å². The van der Waals surface area contributed by atoms with E-state index < -0.39 is 24.3 Å². The fourth-order valence-electron chi connectivity index (χ4n) is 7.20. The molecule has 0 saturated carbocycles. The fraction of sp³-hybridized carbons (Fsp3) is 0.661. The van der Waals surface area contributed by atoms with Crippen molar-refractivity contribution in [3.8, 4) is 0 Å². The SMILES string of the molecule is CC/C=C\C/C=C\C/C=C\C/C=C\C/C=C\C/C=C\C/C=C\C/C=C\CCCCCCC(=O)OC(COC(=O)CCCCCCCCC/C=C\CCCCCCCC)COC(OCC[N+](C)(C)C)C(=O)O. The molecule has 0 aromatic rings. The summed E-state index contributed by atoms with van der Waals surface area (Å²) in [6, 6.07) is 0. The molecule has 71 heavy (non-hydrogen) atoms. The molecule has 0 radical (unpaired) electrons. The van der Waals surface area contributed by atoms with Crippen LogP contribution in [0.4, 0.5) is 0 Å². The number of carbonyl (C=O) groups is 3. The van der Waals surface area contributed by atoms with Gasteiger partial charge in [-0.1, -0.05) is 200 Å². The van der Waals surface area contributed by atoms with Gasteiger partial charge >= 0.3 is 17.9 Å². The van der Waals surface area contributed by atoms with Crippen molar-refractivity contribution in [2.45, 2.75) is 219 Å². The number of carboxylic acids is 1. The molecular weight excluding hydrogens is 887 g/mol. The molecule has 0 aliphatic rings. The van der Waals surface area contributed by atoms with Crippen molar-refractivity contribution in [2.75, 3.05) is 47.5 Å². The maximum atomic E-state index is 12.9. The number of hydrogen-bond acceptors (Lipinski definition) is 7. The number of ether oxygens (including phenoxy) is 4. The maximum Gasteiger partial charge on any atom is 0.361 e. The summed E-state index contributed by atoms with van der Waals surface area (Å²) in [5, 5.41) is 9.69. The van der Waals surface area contributed by atoms with Crippen molar-refractivity contribution in [3.63, 3.8) is 0 Å². The second-order valence-corrected chi connectivity index (χ2v) is 19.5. The number of quaternary nitrogens is 1. The molecule has 0 amide bonds. The van der Waals surface area contributed by atoms with Crippen molar-refractivity contribution in [1.82, 2.24) is 0 Å². The van der Waals surface area contributed by atoms with Gasteiger partial charge in [0.25, 0.3) is 6.29 Å². The third-order valence-corrected chi connectivity index (χ3v) is 11.5. The lowest BCUT2D eigenvalue weighted by molar-refractivity contribution is -0.870. The summed E-state index contributed by atoms with van der Waals surface area (Å²) in [5.74, 6) is -2.06. The molecular formula is C62H104NO8+. The average Bonchev–Trinajstić information content (AvgIpc) is 3.34. The number of unbranched alkanes of at least 4 members (excludes halogenated alkanes) is 17. The molecule has 0 spiro atoms. The lowest BCUT2D eigenvalue weighted by Crippen LogP contribution is -2.40. The summed E-state index contributed by atoms with van der Waals surface area (Å²) >= 11 is 0. The summed E-state index contributed by atoms with van der Waals surface area (Å²) in [5.41, 5.74) is 0. The third kappa shape index (κ3) is 53.6. The zero-order chi connectivity index (χ0) is 52.0. The molecule has 0 aromatic carbocycles. The van der Waals surface area contributed by atoms with Crippen LogP contribution in [0.5, 0.6) is 0 Å². The van der Waals surface area contributed by atoms with Gasteiger partial charge in [0.1, 0.15) is 13.2 Å². The minimum absolute atomic E-state index is 0.176. The lowest BCUT2D eigenvalue weighted by atomic mass is 10.1. The van der Waals surface area contributed by atoms with E-state index in [0.717, 1.165) is 109 Å². The number of allylic oxidation sites excluding steroid dienone is 18. The van der Waals surface area contributed by atoms with Crippen molar-refractivity contribution in [3.05, 3.63) is 109 Å². The topological polar surface area (TPSA) is 108 Å². The van der Waals surface area contributed by atoms with Crippen LogP contribution < -0.4 is 0 Å². The van der Waals surface area contributed by atoms with Crippen molar-refractivity contribution in [1.29, 1.82) is 0 Å². The minimum Gasteiger partial charge on any atom is -0.477 e. The van der Waals surface area contributed by atoms with Crippen LogP contribution in [0.25, 0.3) is 0 Å². The molecule has 0 fully saturated rings. The summed E-state index contributed by atoms with van der Waals surface area (Å²) < 4.78 is 22.8. The number of nitrogens with zero attached hydrogens (tertiary/aromatic N) is 1. The van der Waals surface area contributed by atoms with Crippen molar-refractivity contribution in [2.24, 2.45) is 0 Å². The van der Waals surface area contributed by atoms with E-state index in [-0.39, 0.29) is 38.6 Å². The van der Waals surface area contributed by atoms with Crippen LogP contribution in [0.3, 0.4) is 0 Å². The zero-order valence-corrected chi connectivity index (χ0v) is 45.8. The Hall–Kier alpha value is -4.05. The number of hydrogen-bond donors (Lipinski definition) is 1. The standard InChI is InChI=1S/C62H103NO8/c1-6-8-10-12-14-16-18-20-22-24-25-26-27-28-29-30-31-32-33-34-35-37-39-41-43-45-47-49-51-53-60(65)71-58(57-70-62(61(66)67)68-55-54-63(3,4)5)56-69-59(64)52-50-48-46-44-42-40-38-36-23-21-19-17-15-13-11-9-7-2/h8,10,14,16,20-23,25-26,28-29,31-32,34-35,39,41,58,62H,6-7,9,11-13,15,17-19,24,27,30,33,36-38,40,42-57H2,1-5H3/p+1/b10-8-,16-14-,22-20-,23-21-,26-25-,29-28-,32-31-,35-34-,41-39-. The van der Waals surface area contributed by atoms with Crippen LogP contribution in [0.1, 0.15) is 206 Å². The molecule has 0 aromatic heterocycles. The van der Waals surface area contributed by atoms with E-state index in [9.17, 15) is 19.5 Å². The average molecular weight is 992 g/mol. The number of carboxylic acid groups (broad SMARTS) is 1. The summed E-state index contributed by atoms with van der Waals surface area (Å²) in [6.45, 7) is 4.71. The number of carbonyl (C=O) groups excluding carboxylic acids is 2. The van der Waals surface area contributed by atoms with E-state index in [1.165, 1.54) is 64.2 Å². The van der Waals surface area contributed by atoms with Crippen molar-refractivity contribution >= 4 is 17.9 Å². The predicted octanol–water partition coefficient (Wildman–Crippen LogP) is 16.3. The van der Waals surface area contributed by atoms with Gasteiger partial charge in [-0.2, -0.15) is 0 Å². The van der Waals surface area contributed by atoms with E-state index in [4.69, 9.17) is 18.9 Å². The second-order valence-electron chi connectivity index (χ2n) is 19.5. The van der Waals surface area contributed by atoms with E-state index in [1.807, 2.05) is 21.1 Å². The predicted molar refractivity (Wildman–Crippen MR) is 299 cm³/mol. The highest BCUT2D eigenvalue weighted by Crippen LogP contribution is 2.14. The van der Waals surface area contributed by atoms with E-state index in [0.29, 0.717) is 17.4 Å². The molecule has 0 bridgehead atoms. The minimum atomic E-state index is -1.52. The first-order chi connectivity index (χ1) is 34.6. The smallest absolute Gasteiger partial charge is 0.361 e. The van der Waals surface area contributed by atoms with Gasteiger partial charge in [-0.05, 0) is 103 Å². The number of aliphatic carboxylic acids is 1. The van der Waals surface area contributed by atoms with Crippen LogP contribution in [-0.2, 0) is 33.3 Å². The molecule has 0 rings (SSSR count). The van der Waals surface area contributed by atoms with Crippen molar-refractivity contribution < 1.29 is 42.9 Å². The number of esters is 2. The Morgan fingerprint density at radius 1 is 0.437 bits per heavy atom. The molecule has 0 aliphatic heterocycles. The molecule has 404 valence electrons. The maximum absolute atomic E-state index is 12.9. The van der Waals surface area contributed by atoms with Gasteiger partial charge in [-0.25, -0.2) is 4.79 Å². The Kier molecular flexibility index (Phi) is 49.3. The Balaban J connectivity index is 4.37. The Bertz CT molecular complexity index is 1530. The third-order valence-electron chi connectivity index (χ3n) is 11.5. The largest absolute Gasteiger partial charge is 0.477 e. The molecule has 2 atom stereocenters. The molecule has 2 unspecified atom stereocenters. The highest BCUT2D eigenvalue weighted by Gasteiger charge is 2.25. The Labute approximate surface area is 434 Å². The summed E-state index contributed by atoms with van der Waals surface area (Å²) in [6.07, 6.45) is 68.7.